The molecule has 0 radical (unpaired) electrons. The van der Waals surface area contributed by atoms with Gasteiger partial charge in [-0.3, -0.25) is 4.79 Å². The van der Waals surface area contributed by atoms with E-state index in [1.807, 2.05) is 31.2 Å². The smallest absolute Gasteiger partial charge is 0.254 e. The van der Waals surface area contributed by atoms with Gasteiger partial charge in [0.15, 0.2) is 9.84 Å². The molecule has 0 N–H and O–H groups in total. The lowest BCUT2D eigenvalue weighted by molar-refractivity contribution is 0.0681. The number of amides is 1. The highest BCUT2D eigenvalue weighted by Crippen LogP contribution is 2.23. The molecule has 28 heavy (non-hydrogen) atoms. The van der Waals surface area contributed by atoms with Crippen molar-refractivity contribution in [3.63, 3.8) is 0 Å². The maximum atomic E-state index is 13.2. The Balaban J connectivity index is 1.83. The average molecular weight is 400 g/mol. The van der Waals surface area contributed by atoms with Crippen LogP contribution in [0.1, 0.15) is 27.9 Å². The fraction of sp³-hybridized carbons (Fsp3) is 0.318. The highest BCUT2D eigenvalue weighted by atomic mass is 32.2. The van der Waals surface area contributed by atoms with Crippen molar-refractivity contribution in [3.05, 3.63) is 77.9 Å². The molecule has 0 aliphatic carbocycles. The lowest BCUT2D eigenvalue weighted by Gasteiger charge is -2.28. The van der Waals surface area contributed by atoms with Gasteiger partial charge in [0.05, 0.1) is 11.5 Å². The van der Waals surface area contributed by atoms with Crippen LogP contribution in [0.3, 0.4) is 0 Å². The van der Waals surface area contributed by atoms with Gasteiger partial charge in [0.2, 0.25) is 0 Å². The number of rotatable bonds is 7. The fourth-order valence-electron chi connectivity index (χ4n) is 3.29. The van der Waals surface area contributed by atoms with Gasteiger partial charge in [0.25, 0.3) is 5.91 Å². The molecule has 2 aromatic rings. The second-order valence-corrected chi connectivity index (χ2v) is 9.33. The van der Waals surface area contributed by atoms with E-state index in [2.05, 4.69) is 6.58 Å². The second-order valence-electron chi connectivity index (χ2n) is 7.10. The van der Waals surface area contributed by atoms with Gasteiger partial charge in [-0.15, -0.1) is 0 Å². The van der Waals surface area contributed by atoms with Crippen LogP contribution in [-0.4, -0.2) is 43.4 Å². The number of hydrogen-bond acceptors (Lipinski definition) is 4. The Morgan fingerprint density at radius 1 is 1.18 bits per heavy atom. The van der Waals surface area contributed by atoms with E-state index in [0.29, 0.717) is 30.9 Å². The highest BCUT2D eigenvalue weighted by Gasteiger charge is 2.35. The second kappa shape index (κ2) is 8.61. The van der Waals surface area contributed by atoms with Gasteiger partial charge in [0.1, 0.15) is 12.4 Å². The number of hydrogen-bond donors (Lipinski definition) is 0. The van der Waals surface area contributed by atoms with Gasteiger partial charge in [-0.05, 0) is 43.2 Å². The molecule has 1 heterocycles. The average Bonchev–Trinajstić information content (AvgIpc) is 3.05. The van der Waals surface area contributed by atoms with Crippen molar-refractivity contribution in [1.29, 1.82) is 0 Å². The summed E-state index contributed by atoms with van der Waals surface area (Å²) in [6.07, 6.45) is 2.13. The van der Waals surface area contributed by atoms with Gasteiger partial charge in [-0.2, -0.15) is 0 Å². The summed E-state index contributed by atoms with van der Waals surface area (Å²) in [5, 5.41) is 0. The third kappa shape index (κ3) is 5.01. The molecule has 1 aliphatic rings. The largest absolute Gasteiger partial charge is 0.490 e. The van der Waals surface area contributed by atoms with E-state index in [4.69, 9.17) is 4.74 Å². The molecule has 1 aliphatic heterocycles. The summed E-state index contributed by atoms with van der Waals surface area (Å²) in [5.74, 6) is 0.636. The molecule has 3 rings (SSSR count). The third-order valence-electron chi connectivity index (χ3n) is 4.85. The van der Waals surface area contributed by atoms with Crippen molar-refractivity contribution in [1.82, 2.24) is 4.90 Å². The van der Waals surface area contributed by atoms with Crippen molar-refractivity contribution in [2.24, 2.45) is 0 Å². The molecular formula is C22H25NO4S. The molecule has 0 bridgehead atoms. The molecule has 1 atom stereocenters. The van der Waals surface area contributed by atoms with Crippen LogP contribution in [0.4, 0.5) is 0 Å². The van der Waals surface area contributed by atoms with Crippen LogP contribution in [0.25, 0.3) is 0 Å². The van der Waals surface area contributed by atoms with E-state index < -0.39 is 9.84 Å². The van der Waals surface area contributed by atoms with Crippen LogP contribution in [0, 0.1) is 6.92 Å². The summed E-state index contributed by atoms with van der Waals surface area (Å²) in [6, 6.07) is 14.5. The van der Waals surface area contributed by atoms with Gasteiger partial charge in [-0.1, -0.05) is 42.5 Å². The Labute approximate surface area is 166 Å². The minimum Gasteiger partial charge on any atom is -0.490 e. The van der Waals surface area contributed by atoms with E-state index in [1.165, 1.54) is 0 Å². The molecule has 1 fully saturated rings. The molecule has 0 spiro atoms. The number of aryl methyl sites for hydroxylation is 1. The number of sulfone groups is 1. The van der Waals surface area contributed by atoms with Crippen LogP contribution in [0.2, 0.25) is 0 Å². The first-order valence-corrected chi connectivity index (χ1v) is 11.1. The molecule has 0 saturated carbocycles. The van der Waals surface area contributed by atoms with E-state index in [0.717, 1.165) is 11.1 Å². The minimum atomic E-state index is -3.10. The van der Waals surface area contributed by atoms with E-state index in [1.54, 1.807) is 35.2 Å². The minimum absolute atomic E-state index is 0.0190. The first-order chi connectivity index (χ1) is 13.4. The third-order valence-corrected chi connectivity index (χ3v) is 6.60. The first kappa shape index (κ1) is 20.1. The molecule has 5 nitrogen and oxygen atoms in total. The Kier molecular flexibility index (Phi) is 6.19. The molecular weight excluding hydrogens is 374 g/mol. The monoisotopic (exact) mass is 399 g/mol. The van der Waals surface area contributed by atoms with Crippen molar-refractivity contribution in [2.45, 2.75) is 25.9 Å². The predicted molar refractivity (Wildman–Crippen MR) is 110 cm³/mol. The maximum absolute atomic E-state index is 13.2. The topological polar surface area (TPSA) is 63.7 Å². The molecule has 148 valence electrons. The molecule has 2 aromatic carbocycles. The summed E-state index contributed by atoms with van der Waals surface area (Å²) >= 11 is 0. The summed E-state index contributed by atoms with van der Waals surface area (Å²) in [7, 11) is -3.10. The molecule has 1 amide bonds. The van der Waals surface area contributed by atoms with Gasteiger partial charge in [-0.25, -0.2) is 8.42 Å². The van der Waals surface area contributed by atoms with Crippen LogP contribution in [-0.2, 0) is 16.4 Å². The molecule has 0 unspecified atom stereocenters. The van der Waals surface area contributed by atoms with E-state index >= 15 is 0 Å². The van der Waals surface area contributed by atoms with Crippen LogP contribution >= 0.6 is 0 Å². The zero-order chi connectivity index (χ0) is 20.1. The summed E-state index contributed by atoms with van der Waals surface area (Å²) < 4.78 is 29.4. The molecule has 6 heteroatoms. The zero-order valence-corrected chi connectivity index (χ0v) is 16.8. The quantitative estimate of drug-likeness (QED) is 0.670. The number of benzene rings is 2. The summed E-state index contributed by atoms with van der Waals surface area (Å²) in [6.45, 7) is 6.40. The number of ether oxygens (including phenoxy) is 1. The van der Waals surface area contributed by atoms with Crippen molar-refractivity contribution < 1.29 is 17.9 Å². The zero-order valence-electron chi connectivity index (χ0n) is 16.0. The highest BCUT2D eigenvalue weighted by molar-refractivity contribution is 7.91. The van der Waals surface area contributed by atoms with Crippen molar-refractivity contribution in [2.75, 3.05) is 18.1 Å². The van der Waals surface area contributed by atoms with E-state index in [9.17, 15) is 13.2 Å². The van der Waals surface area contributed by atoms with Crippen LogP contribution < -0.4 is 4.74 Å². The Morgan fingerprint density at radius 3 is 2.43 bits per heavy atom. The van der Waals surface area contributed by atoms with Gasteiger partial charge in [0, 0.05) is 18.2 Å². The predicted octanol–water partition coefficient (Wildman–Crippen LogP) is 3.39. The summed E-state index contributed by atoms with van der Waals surface area (Å²) in [4.78, 5) is 14.9. The van der Waals surface area contributed by atoms with E-state index in [-0.39, 0.29) is 23.5 Å². The Hall–Kier alpha value is -2.60. The van der Waals surface area contributed by atoms with Gasteiger partial charge >= 0.3 is 0 Å². The van der Waals surface area contributed by atoms with Gasteiger partial charge < -0.3 is 9.64 Å². The fourth-order valence-corrected chi connectivity index (χ4v) is 5.02. The standard InChI is InChI=1S/C22H25NO4S/c1-3-13-27-21-10-8-19(9-11-21)22(24)23(20-12-14-28(25,26)16-20)15-18-6-4-17(2)5-7-18/h3-11,20H,1,12-16H2,2H3/t20-/m1/s1. The lowest BCUT2D eigenvalue weighted by atomic mass is 10.1. The summed E-state index contributed by atoms with van der Waals surface area (Å²) in [5.41, 5.74) is 2.64. The Morgan fingerprint density at radius 2 is 1.86 bits per heavy atom. The maximum Gasteiger partial charge on any atom is 0.254 e. The SMILES string of the molecule is C=CCOc1ccc(C(=O)N(Cc2ccc(C)cc2)[C@@H]2CCS(=O)(=O)C2)cc1. The molecule has 0 aromatic heterocycles. The number of carbonyl (C=O) groups excluding carboxylic acids is 1. The molecule has 1 saturated heterocycles. The normalized spacial score (nSPS) is 17.8. The van der Waals surface area contributed by atoms with Crippen molar-refractivity contribution >= 4 is 15.7 Å². The first-order valence-electron chi connectivity index (χ1n) is 9.28. The lowest BCUT2D eigenvalue weighted by Crippen LogP contribution is -2.40. The van der Waals surface area contributed by atoms with Crippen molar-refractivity contribution in [3.8, 4) is 5.75 Å². The van der Waals surface area contributed by atoms with Crippen LogP contribution in [0.5, 0.6) is 5.75 Å². The van der Waals surface area contributed by atoms with Crippen LogP contribution in [0.15, 0.2) is 61.2 Å². The Bertz CT molecular complexity index is 934. The number of carbonyl (C=O) groups is 1. The number of nitrogens with zero attached hydrogens (tertiary/aromatic N) is 1.